The summed E-state index contributed by atoms with van der Waals surface area (Å²) in [6, 6.07) is 7.44. The highest BCUT2D eigenvalue weighted by Crippen LogP contribution is 2.38. The molecule has 1 aromatic carbocycles. The Balaban J connectivity index is 2.63. The fourth-order valence-corrected chi connectivity index (χ4v) is 2.69. The van der Waals surface area contributed by atoms with E-state index < -0.39 is 28.6 Å². The van der Waals surface area contributed by atoms with Gasteiger partial charge < -0.3 is 10.1 Å². The number of hydrogen-bond donors (Lipinski definition) is 1. The van der Waals surface area contributed by atoms with Crippen molar-refractivity contribution in [1.29, 1.82) is 5.26 Å². The van der Waals surface area contributed by atoms with Gasteiger partial charge in [-0.3, -0.25) is 14.9 Å². The quantitative estimate of drug-likeness (QED) is 0.510. The molecule has 1 heterocycles. The minimum absolute atomic E-state index is 0.127. The summed E-state index contributed by atoms with van der Waals surface area (Å²) in [5.74, 6) is -3.33. The summed E-state index contributed by atoms with van der Waals surface area (Å²) in [4.78, 5) is 34.8. The predicted molar refractivity (Wildman–Crippen MR) is 82.4 cm³/mol. The molecule has 8 heteroatoms. The highest BCUT2D eigenvalue weighted by atomic mass is 16.6. The molecule has 0 aliphatic carbocycles. The van der Waals surface area contributed by atoms with Crippen LogP contribution in [0.15, 0.2) is 35.5 Å². The molecule has 0 aromatic heterocycles. The second-order valence-corrected chi connectivity index (χ2v) is 5.18. The molecule has 24 heavy (non-hydrogen) atoms. The van der Waals surface area contributed by atoms with Gasteiger partial charge in [0.25, 0.3) is 5.69 Å². The lowest BCUT2D eigenvalue weighted by atomic mass is 9.77. The zero-order chi connectivity index (χ0) is 17.9. The number of benzene rings is 1. The number of carbonyl (C=O) groups is 2. The largest absolute Gasteiger partial charge is 0.463 e. The highest BCUT2D eigenvalue weighted by Gasteiger charge is 2.41. The molecule has 0 fully saturated rings. The molecule has 1 aromatic rings. The van der Waals surface area contributed by atoms with Crippen LogP contribution in [0.5, 0.6) is 0 Å². The van der Waals surface area contributed by atoms with Gasteiger partial charge in [0.05, 0.1) is 23.2 Å². The normalized spacial score (nSPS) is 20.1. The third-order valence-electron chi connectivity index (χ3n) is 3.72. The van der Waals surface area contributed by atoms with E-state index in [0.29, 0.717) is 5.56 Å². The Kier molecular flexibility index (Phi) is 4.94. The number of nitrogens with zero attached hydrogens (tertiary/aromatic N) is 2. The third kappa shape index (κ3) is 3.10. The maximum atomic E-state index is 12.3. The Morgan fingerprint density at radius 3 is 2.79 bits per heavy atom. The minimum atomic E-state index is -1.19. The lowest BCUT2D eigenvalue weighted by Gasteiger charge is -2.29. The van der Waals surface area contributed by atoms with E-state index in [0.717, 1.165) is 0 Å². The first-order valence-corrected chi connectivity index (χ1v) is 7.23. The van der Waals surface area contributed by atoms with E-state index in [1.165, 1.54) is 25.1 Å². The second-order valence-electron chi connectivity index (χ2n) is 5.18. The monoisotopic (exact) mass is 329 g/mol. The summed E-state index contributed by atoms with van der Waals surface area (Å²) in [5.41, 5.74) is 0.564. The molecule has 2 atom stereocenters. The van der Waals surface area contributed by atoms with E-state index in [1.54, 1.807) is 13.0 Å². The summed E-state index contributed by atoms with van der Waals surface area (Å²) in [6.07, 6.45) is 0. The first-order chi connectivity index (χ1) is 11.4. The predicted octanol–water partition coefficient (Wildman–Crippen LogP) is 1.79. The standard InChI is InChI=1S/C16H15N3O5/c1-3-24-16(21)13-9(2)18-15(20)12(8-17)14(13)10-5-4-6-11(7-10)19(22)23/h4-7,12,14H,3H2,1-2H3,(H,18,20)/t12-,14-/m1/s1. The topological polar surface area (TPSA) is 122 Å². The third-order valence-corrected chi connectivity index (χ3v) is 3.72. The fraction of sp³-hybridized carbons (Fsp3) is 0.312. The van der Waals surface area contributed by atoms with Gasteiger partial charge in [-0.1, -0.05) is 12.1 Å². The SMILES string of the molecule is CCOC(=O)C1=C(C)NC(=O)[C@H](C#N)[C@H]1c1cccc([N+](=O)[O-])c1. The molecule has 0 spiro atoms. The Bertz CT molecular complexity index is 778. The summed E-state index contributed by atoms with van der Waals surface area (Å²) in [6.45, 7) is 3.30. The van der Waals surface area contributed by atoms with Crippen LogP contribution in [-0.2, 0) is 14.3 Å². The van der Waals surface area contributed by atoms with E-state index in [2.05, 4.69) is 5.32 Å². The van der Waals surface area contributed by atoms with Crippen molar-refractivity contribution in [3.8, 4) is 6.07 Å². The van der Waals surface area contributed by atoms with E-state index in [4.69, 9.17) is 4.74 Å². The zero-order valence-corrected chi connectivity index (χ0v) is 13.1. The molecule has 1 aliphatic rings. The van der Waals surface area contributed by atoms with Crippen molar-refractivity contribution in [2.45, 2.75) is 19.8 Å². The molecule has 0 radical (unpaired) electrons. The van der Waals surface area contributed by atoms with E-state index in [9.17, 15) is 25.0 Å². The smallest absolute Gasteiger partial charge is 0.336 e. The number of allylic oxidation sites excluding steroid dienone is 1. The van der Waals surface area contributed by atoms with Gasteiger partial charge in [-0.2, -0.15) is 5.26 Å². The Morgan fingerprint density at radius 2 is 2.21 bits per heavy atom. The molecular formula is C16H15N3O5. The molecule has 2 rings (SSSR count). The number of esters is 1. The van der Waals surface area contributed by atoms with Crippen molar-refractivity contribution in [3.63, 3.8) is 0 Å². The van der Waals surface area contributed by atoms with E-state index >= 15 is 0 Å². The van der Waals surface area contributed by atoms with Gasteiger partial charge in [-0.15, -0.1) is 0 Å². The van der Waals surface area contributed by atoms with Crippen molar-refractivity contribution in [2.24, 2.45) is 5.92 Å². The van der Waals surface area contributed by atoms with Crippen molar-refractivity contribution < 1.29 is 19.2 Å². The van der Waals surface area contributed by atoms with Crippen molar-refractivity contribution in [2.75, 3.05) is 6.61 Å². The lowest BCUT2D eigenvalue weighted by molar-refractivity contribution is -0.384. The van der Waals surface area contributed by atoms with Crippen LogP contribution < -0.4 is 5.32 Å². The molecule has 1 aliphatic heterocycles. The molecule has 8 nitrogen and oxygen atoms in total. The first-order valence-electron chi connectivity index (χ1n) is 7.23. The number of nitriles is 1. The van der Waals surface area contributed by atoms with Gasteiger partial charge in [-0.25, -0.2) is 4.79 Å². The van der Waals surface area contributed by atoms with Crippen molar-refractivity contribution in [3.05, 3.63) is 51.2 Å². The number of rotatable bonds is 4. The Labute approximate surface area is 137 Å². The average Bonchev–Trinajstić information content (AvgIpc) is 2.54. The maximum Gasteiger partial charge on any atom is 0.336 e. The van der Waals surface area contributed by atoms with Crippen LogP contribution in [0.4, 0.5) is 5.69 Å². The fourth-order valence-electron chi connectivity index (χ4n) is 2.69. The molecule has 0 saturated carbocycles. The molecule has 0 bridgehead atoms. The summed E-state index contributed by atoms with van der Waals surface area (Å²) < 4.78 is 5.02. The summed E-state index contributed by atoms with van der Waals surface area (Å²) >= 11 is 0. The lowest BCUT2D eigenvalue weighted by Crippen LogP contribution is -2.41. The maximum absolute atomic E-state index is 12.3. The molecule has 0 unspecified atom stereocenters. The molecule has 124 valence electrons. The van der Waals surface area contributed by atoms with Crippen LogP contribution in [0.25, 0.3) is 0 Å². The number of nitro groups is 1. The van der Waals surface area contributed by atoms with Gasteiger partial charge in [-0.05, 0) is 19.4 Å². The Hall–Kier alpha value is -3.21. The van der Waals surface area contributed by atoms with Gasteiger partial charge in [0.15, 0.2) is 0 Å². The summed E-state index contributed by atoms with van der Waals surface area (Å²) in [5, 5.41) is 22.8. The van der Waals surface area contributed by atoms with E-state index in [1.807, 2.05) is 6.07 Å². The zero-order valence-electron chi connectivity index (χ0n) is 13.1. The highest BCUT2D eigenvalue weighted by molar-refractivity contribution is 5.97. The number of carbonyl (C=O) groups excluding carboxylic acids is 2. The van der Waals surface area contributed by atoms with Crippen LogP contribution in [0.1, 0.15) is 25.3 Å². The van der Waals surface area contributed by atoms with Gasteiger partial charge in [0.1, 0.15) is 5.92 Å². The van der Waals surface area contributed by atoms with Gasteiger partial charge >= 0.3 is 5.97 Å². The van der Waals surface area contributed by atoms with Crippen molar-refractivity contribution >= 4 is 17.6 Å². The molecular weight excluding hydrogens is 314 g/mol. The van der Waals surface area contributed by atoms with Crippen molar-refractivity contribution in [1.82, 2.24) is 5.32 Å². The average molecular weight is 329 g/mol. The minimum Gasteiger partial charge on any atom is -0.463 e. The number of non-ortho nitro benzene ring substituents is 1. The van der Waals surface area contributed by atoms with Crippen LogP contribution in [-0.4, -0.2) is 23.4 Å². The van der Waals surface area contributed by atoms with Crippen LogP contribution in [0, 0.1) is 27.4 Å². The van der Waals surface area contributed by atoms with Gasteiger partial charge in [0, 0.05) is 23.7 Å². The molecule has 1 N–H and O–H groups in total. The molecule has 1 amide bonds. The number of ether oxygens (including phenoxy) is 1. The van der Waals surface area contributed by atoms with E-state index in [-0.39, 0.29) is 23.6 Å². The van der Waals surface area contributed by atoms with Gasteiger partial charge in [0.2, 0.25) is 5.91 Å². The summed E-state index contributed by atoms with van der Waals surface area (Å²) in [7, 11) is 0. The number of hydrogen-bond acceptors (Lipinski definition) is 6. The first kappa shape index (κ1) is 17.1. The second kappa shape index (κ2) is 6.91. The van der Waals surface area contributed by atoms with Crippen LogP contribution >= 0.6 is 0 Å². The Morgan fingerprint density at radius 1 is 1.50 bits per heavy atom. The number of amides is 1. The number of nitro benzene ring substituents is 1. The van der Waals surface area contributed by atoms with Crippen LogP contribution in [0.3, 0.4) is 0 Å². The number of nitrogens with one attached hydrogen (secondary N) is 1. The molecule has 0 saturated heterocycles. The van der Waals surface area contributed by atoms with Crippen LogP contribution in [0.2, 0.25) is 0 Å².